The van der Waals surface area contributed by atoms with E-state index in [1.165, 1.54) is 0 Å². The molecule has 1 aromatic heterocycles. The predicted molar refractivity (Wildman–Crippen MR) is 79.6 cm³/mol. The van der Waals surface area contributed by atoms with Crippen LogP contribution in [0.1, 0.15) is 18.3 Å². The fourth-order valence-electron chi connectivity index (χ4n) is 1.72. The van der Waals surface area contributed by atoms with E-state index in [0.717, 1.165) is 0 Å². The molecule has 0 fully saturated rings. The Labute approximate surface area is 122 Å². The zero-order valence-corrected chi connectivity index (χ0v) is 11.6. The smallest absolute Gasteiger partial charge is 0.158 e. The number of nitriles is 1. The second kappa shape index (κ2) is 7.19. The average molecular weight is 284 g/mol. The van der Waals surface area contributed by atoms with E-state index in [9.17, 15) is 0 Å². The highest BCUT2D eigenvalue weighted by Crippen LogP contribution is 2.20. The lowest BCUT2D eigenvalue weighted by Crippen LogP contribution is -2.12. The van der Waals surface area contributed by atoms with Gasteiger partial charge >= 0.3 is 0 Å². The Balaban J connectivity index is 2.28. The minimum absolute atomic E-state index is 0.292. The van der Waals surface area contributed by atoms with Crippen LogP contribution in [0, 0.1) is 11.3 Å². The number of hydrogen-bond acceptors (Lipinski definition) is 7. The zero-order valence-electron chi connectivity index (χ0n) is 11.6. The SMILES string of the molecule is CCOCc1nc(NN)cc(Nc2ccccc2C#N)n1. The lowest BCUT2D eigenvalue weighted by molar-refractivity contribution is 0.128. The lowest BCUT2D eigenvalue weighted by atomic mass is 10.2. The first-order valence-corrected chi connectivity index (χ1v) is 6.45. The van der Waals surface area contributed by atoms with Crippen molar-refractivity contribution in [3.8, 4) is 6.07 Å². The quantitative estimate of drug-likeness (QED) is 0.549. The molecule has 0 saturated carbocycles. The summed E-state index contributed by atoms with van der Waals surface area (Å²) in [5.41, 5.74) is 3.69. The molecule has 0 bridgehead atoms. The van der Waals surface area contributed by atoms with Crippen molar-refractivity contribution < 1.29 is 4.74 Å². The summed E-state index contributed by atoms with van der Waals surface area (Å²) < 4.78 is 5.30. The molecule has 0 atom stereocenters. The number of para-hydroxylation sites is 1. The number of aromatic nitrogens is 2. The maximum Gasteiger partial charge on any atom is 0.158 e. The van der Waals surface area contributed by atoms with E-state index in [4.69, 9.17) is 15.8 Å². The standard InChI is InChI=1S/C14H16N6O/c1-2-21-9-14-18-12(7-13(19-14)20-16)17-11-6-4-3-5-10(11)8-15/h3-7H,2,9,16H2,1H3,(H2,17,18,19,20). The van der Waals surface area contributed by atoms with Gasteiger partial charge in [-0.05, 0) is 19.1 Å². The average Bonchev–Trinajstić information content (AvgIpc) is 2.53. The van der Waals surface area contributed by atoms with Gasteiger partial charge in [-0.15, -0.1) is 0 Å². The highest BCUT2D eigenvalue weighted by atomic mass is 16.5. The van der Waals surface area contributed by atoms with Crippen molar-refractivity contribution in [1.82, 2.24) is 9.97 Å². The maximum absolute atomic E-state index is 9.09. The number of hydrazine groups is 1. The first-order valence-electron chi connectivity index (χ1n) is 6.45. The maximum atomic E-state index is 9.09. The van der Waals surface area contributed by atoms with Gasteiger partial charge in [-0.2, -0.15) is 5.26 Å². The summed E-state index contributed by atoms with van der Waals surface area (Å²) in [5, 5.41) is 12.2. The highest BCUT2D eigenvalue weighted by Gasteiger charge is 2.07. The van der Waals surface area contributed by atoms with E-state index in [0.29, 0.717) is 41.9 Å². The Bertz CT molecular complexity index is 652. The van der Waals surface area contributed by atoms with E-state index in [-0.39, 0.29) is 0 Å². The third-order valence-electron chi connectivity index (χ3n) is 2.67. The molecular weight excluding hydrogens is 268 g/mol. The van der Waals surface area contributed by atoms with Crippen LogP contribution >= 0.6 is 0 Å². The topological polar surface area (TPSA) is 109 Å². The van der Waals surface area contributed by atoms with E-state index < -0.39 is 0 Å². The van der Waals surface area contributed by atoms with E-state index in [2.05, 4.69) is 26.8 Å². The first-order chi connectivity index (χ1) is 10.3. The number of nitrogen functional groups attached to an aromatic ring is 1. The second-order valence-electron chi connectivity index (χ2n) is 4.12. The Morgan fingerprint density at radius 2 is 2.05 bits per heavy atom. The van der Waals surface area contributed by atoms with E-state index in [1.807, 2.05) is 13.0 Å². The number of nitrogens with two attached hydrogens (primary N) is 1. The molecule has 1 aromatic carbocycles. The molecule has 0 aliphatic rings. The summed E-state index contributed by atoms with van der Waals surface area (Å²) in [4.78, 5) is 8.53. The normalized spacial score (nSPS) is 9.95. The van der Waals surface area contributed by atoms with Gasteiger partial charge in [0.15, 0.2) is 5.82 Å². The molecular formula is C14H16N6O. The molecule has 21 heavy (non-hydrogen) atoms. The lowest BCUT2D eigenvalue weighted by Gasteiger charge is -2.10. The van der Waals surface area contributed by atoms with Crippen LogP contribution in [0.3, 0.4) is 0 Å². The largest absolute Gasteiger partial charge is 0.374 e. The molecule has 0 radical (unpaired) electrons. The Morgan fingerprint density at radius 3 is 2.76 bits per heavy atom. The first kappa shape index (κ1) is 14.7. The van der Waals surface area contributed by atoms with Crippen molar-refractivity contribution in [3.63, 3.8) is 0 Å². The number of anilines is 3. The number of hydrogen-bond donors (Lipinski definition) is 3. The van der Waals surface area contributed by atoms with E-state index in [1.54, 1.807) is 24.3 Å². The summed E-state index contributed by atoms with van der Waals surface area (Å²) in [5.74, 6) is 6.91. The molecule has 7 nitrogen and oxygen atoms in total. The monoisotopic (exact) mass is 284 g/mol. The molecule has 7 heteroatoms. The van der Waals surface area contributed by atoms with Crippen molar-refractivity contribution >= 4 is 17.3 Å². The van der Waals surface area contributed by atoms with Gasteiger partial charge in [-0.25, -0.2) is 15.8 Å². The van der Waals surface area contributed by atoms with Crippen molar-refractivity contribution in [1.29, 1.82) is 5.26 Å². The van der Waals surface area contributed by atoms with Crippen LogP contribution in [-0.4, -0.2) is 16.6 Å². The number of rotatable bonds is 6. The van der Waals surface area contributed by atoms with Crippen LogP contribution in [0.5, 0.6) is 0 Å². The molecule has 0 aliphatic heterocycles. The summed E-state index contributed by atoms with van der Waals surface area (Å²) in [6, 6.07) is 11.0. The van der Waals surface area contributed by atoms with Crippen LogP contribution in [0.25, 0.3) is 0 Å². The predicted octanol–water partition coefficient (Wildman–Crippen LogP) is 1.91. The van der Waals surface area contributed by atoms with Gasteiger partial charge in [-0.1, -0.05) is 12.1 Å². The van der Waals surface area contributed by atoms with Crippen molar-refractivity contribution in [2.24, 2.45) is 5.84 Å². The van der Waals surface area contributed by atoms with Gasteiger partial charge in [-0.3, -0.25) is 0 Å². The highest BCUT2D eigenvalue weighted by molar-refractivity contribution is 5.65. The Morgan fingerprint density at radius 1 is 1.29 bits per heavy atom. The molecule has 0 saturated heterocycles. The summed E-state index contributed by atoms with van der Waals surface area (Å²) >= 11 is 0. The molecule has 4 N–H and O–H groups in total. The minimum Gasteiger partial charge on any atom is -0.374 e. The summed E-state index contributed by atoms with van der Waals surface area (Å²) in [6.07, 6.45) is 0. The molecule has 2 aromatic rings. The van der Waals surface area contributed by atoms with Gasteiger partial charge in [0.05, 0.1) is 11.3 Å². The Hall–Kier alpha value is -2.69. The fourth-order valence-corrected chi connectivity index (χ4v) is 1.72. The van der Waals surface area contributed by atoms with Crippen LogP contribution in [0.2, 0.25) is 0 Å². The molecule has 0 aliphatic carbocycles. The minimum atomic E-state index is 0.292. The molecule has 1 heterocycles. The number of benzene rings is 1. The van der Waals surface area contributed by atoms with Gasteiger partial charge in [0.1, 0.15) is 24.3 Å². The molecule has 0 spiro atoms. The Kier molecular flexibility index (Phi) is 5.04. The molecule has 2 rings (SSSR count). The van der Waals surface area contributed by atoms with Gasteiger partial charge in [0.2, 0.25) is 0 Å². The van der Waals surface area contributed by atoms with E-state index >= 15 is 0 Å². The number of ether oxygens (including phenoxy) is 1. The number of nitrogens with zero attached hydrogens (tertiary/aromatic N) is 3. The summed E-state index contributed by atoms with van der Waals surface area (Å²) in [6.45, 7) is 2.76. The fraction of sp³-hybridized carbons (Fsp3) is 0.214. The van der Waals surface area contributed by atoms with Crippen molar-refractivity contribution in [2.45, 2.75) is 13.5 Å². The van der Waals surface area contributed by atoms with Crippen molar-refractivity contribution in [3.05, 3.63) is 41.7 Å². The molecule has 108 valence electrons. The summed E-state index contributed by atoms with van der Waals surface area (Å²) in [7, 11) is 0. The van der Waals surface area contributed by atoms with Crippen LogP contribution < -0.4 is 16.6 Å². The third kappa shape index (κ3) is 3.89. The molecule has 0 amide bonds. The van der Waals surface area contributed by atoms with Gasteiger partial charge in [0, 0.05) is 12.7 Å². The van der Waals surface area contributed by atoms with Crippen LogP contribution in [0.4, 0.5) is 17.3 Å². The van der Waals surface area contributed by atoms with Crippen LogP contribution in [-0.2, 0) is 11.3 Å². The zero-order chi connectivity index (χ0) is 15.1. The number of nitrogens with one attached hydrogen (secondary N) is 2. The second-order valence-corrected chi connectivity index (χ2v) is 4.12. The van der Waals surface area contributed by atoms with Crippen molar-refractivity contribution in [2.75, 3.05) is 17.3 Å². The van der Waals surface area contributed by atoms with Gasteiger partial charge in [0.25, 0.3) is 0 Å². The van der Waals surface area contributed by atoms with Gasteiger partial charge < -0.3 is 15.5 Å². The molecule has 0 unspecified atom stereocenters. The third-order valence-corrected chi connectivity index (χ3v) is 2.67. The van der Waals surface area contributed by atoms with Crippen LogP contribution in [0.15, 0.2) is 30.3 Å².